The maximum absolute atomic E-state index is 6.13. The highest BCUT2D eigenvalue weighted by Gasteiger charge is 2.12. The van der Waals surface area contributed by atoms with E-state index >= 15 is 0 Å². The maximum atomic E-state index is 6.13. The summed E-state index contributed by atoms with van der Waals surface area (Å²) in [6, 6.07) is 3.83. The van der Waals surface area contributed by atoms with Gasteiger partial charge in [-0.1, -0.05) is 25.4 Å². The Bertz CT molecular complexity index is 754. The molecule has 0 unspecified atom stereocenters. The lowest BCUT2D eigenvalue weighted by Crippen LogP contribution is -2.76. The Morgan fingerprint density at radius 1 is 1.18 bits per heavy atom. The van der Waals surface area contributed by atoms with Gasteiger partial charge in [0.1, 0.15) is 17.1 Å². The first kappa shape index (κ1) is 16.4. The second kappa shape index (κ2) is 7.31. The fourth-order valence-electron chi connectivity index (χ4n) is 2.12. The Hall–Kier alpha value is -2.02. The minimum absolute atomic E-state index is 0.462. The van der Waals surface area contributed by atoms with Crippen LogP contribution in [0.1, 0.15) is 19.4 Å². The second-order valence-corrected chi connectivity index (χ2v) is 4.70. The van der Waals surface area contributed by atoms with Gasteiger partial charge in [0.25, 0.3) is 5.82 Å². The Morgan fingerprint density at radius 3 is 2.59 bits per heavy atom. The average Bonchev–Trinajstić information content (AvgIpc) is 2.89. The molecule has 3 heterocycles. The second-order valence-electron chi connectivity index (χ2n) is 4.34. The Labute approximate surface area is 134 Å². The number of aromatic nitrogens is 4. The van der Waals surface area contributed by atoms with Crippen LogP contribution in [0, 0.1) is 6.92 Å². The highest BCUT2D eigenvalue weighted by molar-refractivity contribution is 6.34. The van der Waals surface area contributed by atoms with E-state index < -0.39 is 0 Å². The zero-order valence-electron chi connectivity index (χ0n) is 13.0. The molecule has 116 valence electrons. The van der Waals surface area contributed by atoms with Gasteiger partial charge in [-0.05, 0) is 18.6 Å². The van der Waals surface area contributed by atoms with Gasteiger partial charge in [0.05, 0.1) is 24.4 Å². The molecule has 7 heteroatoms. The number of hydrogen-bond acceptors (Lipinski definition) is 4. The van der Waals surface area contributed by atoms with E-state index in [1.807, 2.05) is 43.7 Å². The topological polar surface area (TPSA) is 69.4 Å². The summed E-state index contributed by atoms with van der Waals surface area (Å²) >= 11 is 6.13. The van der Waals surface area contributed by atoms with Crippen molar-refractivity contribution in [3.63, 3.8) is 0 Å². The van der Waals surface area contributed by atoms with E-state index in [4.69, 9.17) is 16.4 Å². The van der Waals surface area contributed by atoms with Crippen LogP contribution in [0.3, 0.4) is 0 Å². The van der Waals surface area contributed by atoms with Crippen molar-refractivity contribution in [2.45, 2.75) is 20.8 Å². The minimum Gasteiger partial charge on any atom is -0.299 e. The predicted molar refractivity (Wildman–Crippen MR) is 86.3 cm³/mol. The van der Waals surface area contributed by atoms with Gasteiger partial charge in [-0.3, -0.25) is 4.57 Å². The highest BCUT2D eigenvalue weighted by atomic mass is 35.5. The standard InChI is InChI=1S/C13H12ClN5O.C2H6/c1-8-6-19(13-11(8)12(14)16-7-17-13)9-3-4-10(15-5-9)18-20-2;1-2/h3-7H,1-2H3,(H,15,18);1-2H3/p+1. The lowest BCUT2D eigenvalue weighted by atomic mass is 10.3. The van der Waals surface area contributed by atoms with Crippen LogP contribution < -0.4 is 5.48 Å². The van der Waals surface area contributed by atoms with Crippen molar-refractivity contribution in [1.82, 2.24) is 19.5 Å². The molecule has 3 rings (SSSR count). The molecule has 0 radical (unpaired) electrons. The van der Waals surface area contributed by atoms with Crippen LogP contribution in [0.25, 0.3) is 16.7 Å². The van der Waals surface area contributed by atoms with E-state index in [0.29, 0.717) is 5.15 Å². The van der Waals surface area contributed by atoms with E-state index in [1.165, 1.54) is 6.33 Å². The van der Waals surface area contributed by atoms with E-state index in [2.05, 4.69) is 15.0 Å². The SMILES string of the molecule is CC.CO[NH2+]c1ccc(-n2cc(C)c3c(Cl)ncnc32)cn1. The Balaban J connectivity index is 0.000000847. The summed E-state index contributed by atoms with van der Waals surface area (Å²) in [5, 5.41) is 1.32. The normalized spacial score (nSPS) is 10.4. The zero-order chi connectivity index (χ0) is 16.1. The van der Waals surface area contributed by atoms with Crippen LogP contribution in [0.2, 0.25) is 5.15 Å². The van der Waals surface area contributed by atoms with Gasteiger partial charge in [0.2, 0.25) is 0 Å². The number of fused-ring (bicyclic) bond motifs is 1. The quantitative estimate of drug-likeness (QED) is 0.595. The van der Waals surface area contributed by atoms with Crippen molar-refractivity contribution in [2.75, 3.05) is 7.11 Å². The largest absolute Gasteiger partial charge is 0.299 e. The molecular formula is C15H19ClN5O+. The molecule has 0 amide bonds. The number of pyridine rings is 1. The number of nitrogens with two attached hydrogens (primary N) is 1. The fraction of sp³-hybridized carbons (Fsp3) is 0.267. The first-order valence-electron chi connectivity index (χ1n) is 7.01. The molecule has 6 nitrogen and oxygen atoms in total. The monoisotopic (exact) mass is 320 g/mol. The molecule has 3 aromatic rings. The third kappa shape index (κ3) is 3.09. The molecule has 2 N–H and O–H groups in total. The zero-order valence-corrected chi connectivity index (χ0v) is 13.8. The smallest absolute Gasteiger partial charge is 0.257 e. The molecule has 0 fully saturated rings. The summed E-state index contributed by atoms with van der Waals surface area (Å²) in [5.41, 5.74) is 4.29. The predicted octanol–water partition coefficient (Wildman–Crippen LogP) is 2.56. The molecule has 0 spiro atoms. The van der Waals surface area contributed by atoms with Crippen LogP contribution >= 0.6 is 11.6 Å². The number of quaternary nitrogens is 1. The molecule has 0 atom stereocenters. The van der Waals surface area contributed by atoms with Crippen LogP contribution in [0.5, 0.6) is 0 Å². The van der Waals surface area contributed by atoms with Crippen LogP contribution in [-0.2, 0) is 4.84 Å². The van der Waals surface area contributed by atoms with Crippen LogP contribution in [0.4, 0.5) is 5.82 Å². The van der Waals surface area contributed by atoms with Crippen molar-refractivity contribution < 1.29 is 10.3 Å². The van der Waals surface area contributed by atoms with Gasteiger partial charge in [0, 0.05) is 12.3 Å². The van der Waals surface area contributed by atoms with Crippen molar-refractivity contribution >= 4 is 28.5 Å². The number of halogens is 1. The van der Waals surface area contributed by atoms with Crippen molar-refractivity contribution in [3.05, 3.63) is 41.6 Å². The number of rotatable bonds is 3. The maximum Gasteiger partial charge on any atom is 0.257 e. The molecule has 0 aliphatic carbocycles. The van der Waals surface area contributed by atoms with E-state index in [1.54, 1.807) is 18.8 Å². The van der Waals surface area contributed by atoms with E-state index in [0.717, 1.165) is 28.1 Å². The summed E-state index contributed by atoms with van der Waals surface area (Å²) in [6.45, 7) is 5.98. The summed E-state index contributed by atoms with van der Waals surface area (Å²) in [6.07, 6.45) is 5.20. The summed E-state index contributed by atoms with van der Waals surface area (Å²) in [4.78, 5) is 17.6. The van der Waals surface area contributed by atoms with Crippen molar-refractivity contribution in [3.8, 4) is 5.69 Å². The number of nitrogens with zero attached hydrogens (tertiary/aromatic N) is 4. The average molecular weight is 321 g/mol. The first-order valence-corrected chi connectivity index (χ1v) is 7.39. The van der Waals surface area contributed by atoms with Crippen LogP contribution in [0.15, 0.2) is 30.9 Å². The van der Waals surface area contributed by atoms with Gasteiger partial charge in [-0.15, -0.1) is 0 Å². The van der Waals surface area contributed by atoms with E-state index in [-0.39, 0.29) is 0 Å². The molecular weight excluding hydrogens is 302 g/mol. The van der Waals surface area contributed by atoms with Gasteiger partial charge < -0.3 is 0 Å². The number of aryl methyl sites for hydroxylation is 1. The molecule has 22 heavy (non-hydrogen) atoms. The van der Waals surface area contributed by atoms with Gasteiger partial charge in [-0.25, -0.2) is 19.8 Å². The molecule has 3 aromatic heterocycles. The summed E-state index contributed by atoms with van der Waals surface area (Å²) in [5.74, 6) is 0.761. The summed E-state index contributed by atoms with van der Waals surface area (Å²) < 4.78 is 1.95. The lowest BCUT2D eigenvalue weighted by molar-refractivity contribution is -0.832. The van der Waals surface area contributed by atoms with E-state index in [9.17, 15) is 0 Å². The van der Waals surface area contributed by atoms with Gasteiger partial charge >= 0.3 is 0 Å². The minimum atomic E-state index is 0.462. The third-order valence-corrected chi connectivity index (χ3v) is 3.30. The lowest BCUT2D eigenvalue weighted by Gasteiger charge is -2.04. The highest BCUT2D eigenvalue weighted by Crippen LogP contribution is 2.27. The Kier molecular flexibility index (Phi) is 5.43. The molecule has 0 saturated heterocycles. The third-order valence-electron chi connectivity index (χ3n) is 3.01. The van der Waals surface area contributed by atoms with Gasteiger partial charge in [-0.2, -0.15) is 5.48 Å². The molecule has 0 saturated carbocycles. The van der Waals surface area contributed by atoms with Crippen molar-refractivity contribution in [2.24, 2.45) is 0 Å². The fourth-order valence-corrected chi connectivity index (χ4v) is 2.40. The molecule has 0 aromatic carbocycles. The van der Waals surface area contributed by atoms with Crippen LogP contribution in [-0.4, -0.2) is 26.6 Å². The van der Waals surface area contributed by atoms with Gasteiger partial charge in [0.15, 0.2) is 0 Å². The Morgan fingerprint density at radius 2 is 1.95 bits per heavy atom. The molecule has 0 aliphatic heterocycles. The summed E-state index contributed by atoms with van der Waals surface area (Å²) in [7, 11) is 1.59. The van der Waals surface area contributed by atoms with Crippen molar-refractivity contribution in [1.29, 1.82) is 0 Å². The molecule has 0 bridgehead atoms. The first-order chi connectivity index (χ1) is 10.7. The number of hydrogen-bond donors (Lipinski definition) is 1. The molecule has 0 aliphatic rings.